The molecule has 2 aliphatic heterocycles. The molecule has 0 radical (unpaired) electrons. The molecule has 0 amide bonds. The molecule has 0 aliphatic carbocycles. The van der Waals surface area contributed by atoms with E-state index in [0.29, 0.717) is 6.54 Å². The number of likely N-dealkylation sites (tertiary alicyclic amines) is 2. The van der Waals surface area contributed by atoms with Crippen molar-refractivity contribution >= 4 is 0 Å². The molecular formula is C15H31N3O2. The molecule has 5 nitrogen and oxygen atoms in total. The zero-order valence-electron chi connectivity index (χ0n) is 13.5. The third-order valence-corrected chi connectivity index (χ3v) is 5.42. The van der Waals surface area contributed by atoms with Gasteiger partial charge in [0.2, 0.25) is 0 Å². The first-order valence-corrected chi connectivity index (χ1v) is 7.77. The average Bonchev–Trinajstić information content (AvgIpc) is 2.48. The molecule has 2 saturated heterocycles. The Bertz CT molecular complexity index is 311. The lowest BCUT2D eigenvalue weighted by molar-refractivity contribution is -0.189. The van der Waals surface area contributed by atoms with Crippen molar-refractivity contribution in [2.24, 2.45) is 11.7 Å². The van der Waals surface area contributed by atoms with Crippen LogP contribution in [0.2, 0.25) is 0 Å². The van der Waals surface area contributed by atoms with E-state index in [0.717, 1.165) is 25.0 Å². The maximum absolute atomic E-state index is 6.07. The van der Waals surface area contributed by atoms with Crippen LogP contribution in [-0.4, -0.2) is 75.1 Å². The number of hydrogen-bond donors (Lipinski definition) is 1. The maximum Gasteiger partial charge on any atom is 0.176 e. The second kappa shape index (κ2) is 6.71. The van der Waals surface area contributed by atoms with Gasteiger partial charge < -0.3 is 20.1 Å². The van der Waals surface area contributed by atoms with Gasteiger partial charge in [0.15, 0.2) is 6.29 Å². The number of fused-ring (bicyclic) bond motifs is 1. The Morgan fingerprint density at radius 2 is 1.95 bits per heavy atom. The predicted octanol–water partition coefficient (Wildman–Crippen LogP) is 0.739. The van der Waals surface area contributed by atoms with Gasteiger partial charge in [-0.25, -0.2) is 0 Å². The lowest BCUT2D eigenvalue weighted by Crippen LogP contribution is -2.65. The molecule has 3 atom stereocenters. The number of hydrogen-bond acceptors (Lipinski definition) is 5. The third-order valence-electron chi connectivity index (χ3n) is 5.42. The van der Waals surface area contributed by atoms with E-state index in [9.17, 15) is 0 Å². The number of rotatable bonds is 5. The molecule has 2 N–H and O–H groups in total. The van der Waals surface area contributed by atoms with Crippen LogP contribution < -0.4 is 5.73 Å². The van der Waals surface area contributed by atoms with Crippen LogP contribution >= 0.6 is 0 Å². The van der Waals surface area contributed by atoms with Gasteiger partial charge >= 0.3 is 0 Å². The summed E-state index contributed by atoms with van der Waals surface area (Å²) < 4.78 is 11.0. The van der Waals surface area contributed by atoms with Crippen LogP contribution in [-0.2, 0) is 9.47 Å². The fraction of sp³-hybridized carbons (Fsp3) is 1.00. The summed E-state index contributed by atoms with van der Waals surface area (Å²) in [5.74, 6) is 0.753. The van der Waals surface area contributed by atoms with Crippen LogP contribution in [0.5, 0.6) is 0 Å². The maximum atomic E-state index is 6.07. The Balaban J connectivity index is 2.09. The highest BCUT2D eigenvalue weighted by molar-refractivity contribution is 4.98. The molecule has 0 aromatic heterocycles. The summed E-state index contributed by atoms with van der Waals surface area (Å²) in [5.41, 5.74) is 5.83. The zero-order valence-corrected chi connectivity index (χ0v) is 13.5. The summed E-state index contributed by atoms with van der Waals surface area (Å²) in [7, 11) is 5.66. The first-order valence-electron chi connectivity index (χ1n) is 7.77. The van der Waals surface area contributed by atoms with Crippen molar-refractivity contribution in [3.05, 3.63) is 0 Å². The number of methoxy groups -OCH3 is 2. The highest BCUT2D eigenvalue weighted by Gasteiger charge is 2.44. The van der Waals surface area contributed by atoms with E-state index in [1.165, 1.54) is 25.8 Å². The second-order valence-electron chi connectivity index (χ2n) is 6.55. The van der Waals surface area contributed by atoms with Gasteiger partial charge in [0.25, 0.3) is 0 Å². The smallest absolute Gasteiger partial charge is 0.176 e. The zero-order chi connectivity index (χ0) is 14.8. The summed E-state index contributed by atoms with van der Waals surface area (Å²) in [6.07, 6.45) is 3.58. The third kappa shape index (κ3) is 2.88. The summed E-state index contributed by atoms with van der Waals surface area (Å²) >= 11 is 0. The topological polar surface area (TPSA) is 51.0 Å². The minimum absolute atomic E-state index is 0.246. The molecule has 2 heterocycles. The minimum atomic E-state index is -0.273. The highest BCUT2D eigenvalue weighted by atomic mass is 16.7. The van der Waals surface area contributed by atoms with Gasteiger partial charge in [-0.2, -0.15) is 0 Å². The lowest BCUT2D eigenvalue weighted by atomic mass is 9.82. The molecule has 0 aromatic rings. The van der Waals surface area contributed by atoms with Crippen LogP contribution in [0.3, 0.4) is 0 Å². The molecule has 2 rings (SSSR count). The molecule has 0 saturated carbocycles. The summed E-state index contributed by atoms with van der Waals surface area (Å²) in [5, 5.41) is 0. The molecule has 118 valence electrons. The molecule has 3 unspecified atom stereocenters. The number of piperidine rings is 2. The minimum Gasteiger partial charge on any atom is -0.354 e. The normalized spacial score (nSPS) is 32.1. The largest absolute Gasteiger partial charge is 0.354 e. The van der Waals surface area contributed by atoms with Gasteiger partial charge in [-0.3, -0.25) is 4.90 Å². The Labute approximate surface area is 123 Å². The van der Waals surface area contributed by atoms with Crippen molar-refractivity contribution in [3.63, 3.8) is 0 Å². The fourth-order valence-corrected chi connectivity index (χ4v) is 4.09. The standard InChI is InChI=1S/C15H31N3O2/c1-15(11-16,14(19-3)20-4)18-9-7-13-12(10-18)6-5-8-17(13)2/h12-14H,5-11,16H2,1-4H3. The van der Waals surface area contributed by atoms with Crippen LogP contribution in [0, 0.1) is 5.92 Å². The molecule has 2 fully saturated rings. The molecule has 0 spiro atoms. The quantitative estimate of drug-likeness (QED) is 0.755. The van der Waals surface area contributed by atoms with E-state index >= 15 is 0 Å². The van der Waals surface area contributed by atoms with Gasteiger partial charge in [0, 0.05) is 39.9 Å². The summed E-state index contributed by atoms with van der Waals surface area (Å²) in [6.45, 7) is 6.13. The summed E-state index contributed by atoms with van der Waals surface area (Å²) in [4.78, 5) is 5.03. The van der Waals surface area contributed by atoms with Gasteiger partial charge in [-0.05, 0) is 45.7 Å². The average molecular weight is 285 g/mol. The SMILES string of the molecule is COC(OC)C(C)(CN)N1CCC2C(CCCN2C)C1. The first kappa shape index (κ1) is 16.2. The van der Waals surface area contributed by atoms with E-state index in [4.69, 9.17) is 15.2 Å². The van der Waals surface area contributed by atoms with Gasteiger partial charge in [0.05, 0.1) is 5.54 Å². The summed E-state index contributed by atoms with van der Waals surface area (Å²) in [6, 6.07) is 0.741. The molecule has 20 heavy (non-hydrogen) atoms. The molecule has 0 aromatic carbocycles. The van der Waals surface area contributed by atoms with Crippen LogP contribution in [0.15, 0.2) is 0 Å². The van der Waals surface area contributed by atoms with Gasteiger partial charge in [-0.15, -0.1) is 0 Å². The van der Waals surface area contributed by atoms with E-state index in [-0.39, 0.29) is 11.8 Å². The lowest BCUT2D eigenvalue weighted by Gasteiger charge is -2.52. The van der Waals surface area contributed by atoms with Crippen molar-refractivity contribution < 1.29 is 9.47 Å². The monoisotopic (exact) mass is 285 g/mol. The first-order chi connectivity index (χ1) is 9.56. The van der Waals surface area contributed by atoms with Crippen molar-refractivity contribution in [2.45, 2.75) is 44.1 Å². The van der Waals surface area contributed by atoms with Gasteiger partial charge in [0.1, 0.15) is 0 Å². The Morgan fingerprint density at radius 3 is 2.55 bits per heavy atom. The van der Waals surface area contributed by atoms with E-state index in [1.54, 1.807) is 14.2 Å². The number of nitrogens with two attached hydrogens (primary N) is 1. The molecular weight excluding hydrogens is 254 g/mol. The van der Waals surface area contributed by atoms with Crippen LogP contribution in [0.4, 0.5) is 0 Å². The van der Waals surface area contributed by atoms with Crippen molar-refractivity contribution in [2.75, 3.05) is 47.4 Å². The molecule has 2 aliphatic rings. The van der Waals surface area contributed by atoms with Crippen molar-refractivity contribution in [3.8, 4) is 0 Å². The predicted molar refractivity (Wildman–Crippen MR) is 80.6 cm³/mol. The van der Waals surface area contributed by atoms with E-state index < -0.39 is 0 Å². The Kier molecular flexibility index (Phi) is 5.42. The number of nitrogens with zero attached hydrogens (tertiary/aromatic N) is 2. The Morgan fingerprint density at radius 1 is 1.25 bits per heavy atom. The Hall–Kier alpha value is -0.200. The van der Waals surface area contributed by atoms with Crippen molar-refractivity contribution in [1.29, 1.82) is 0 Å². The fourth-order valence-electron chi connectivity index (χ4n) is 4.09. The molecule has 0 bridgehead atoms. The van der Waals surface area contributed by atoms with Crippen LogP contribution in [0.25, 0.3) is 0 Å². The van der Waals surface area contributed by atoms with Crippen molar-refractivity contribution in [1.82, 2.24) is 9.80 Å². The van der Waals surface area contributed by atoms with E-state index in [1.807, 2.05) is 0 Å². The molecule has 5 heteroatoms. The van der Waals surface area contributed by atoms with Gasteiger partial charge in [-0.1, -0.05) is 0 Å². The van der Waals surface area contributed by atoms with Crippen LogP contribution in [0.1, 0.15) is 26.2 Å². The highest BCUT2D eigenvalue weighted by Crippen LogP contribution is 2.34. The van der Waals surface area contributed by atoms with E-state index in [2.05, 4.69) is 23.8 Å². The number of ether oxygens (including phenoxy) is 2. The second-order valence-corrected chi connectivity index (χ2v) is 6.55.